The fraction of sp³-hybridized carbons (Fsp3) is 0.900. The van der Waals surface area contributed by atoms with Crippen LogP contribution in [0, 0.1) is 0 Å². The highest BCUT2D eigenvalue weighted by Crippen LogP contribution is 2.11. The molecule has 1 atom stereocenters. The molecule has 0 radical (unpaired) electrons. The van der Waals surface area contributed by atoms with Crippen LogP contribution in [-0.2, 0) is 14.3 Å². The maximum atomic E-state index is 11.1. The Morgan fingerprint density at radius 1 is 1.47 bits per heavy atom. The van der Waals surface area contributed by atoms with Gasteiger partial charge < -0.3 is 14.8 Å². The summed E-state index contributed by atoms with van der Waals surface area (Å²) in [5, 5.41) is 3.20. The molecule has 90 valence electrons. The Morgan fingerprint density at radius 3 is 2.53 bits per heavy atom. The van der Waals surface area contributed by atoms with Gasteiger partial charge in [0.05, 0.1) is 12.7 Å². The fourth-order valence-electron chi connectivity index (χ4n) is 0.931. The molecule has 15 heavy (non-hydrogen) atoms. The summed E-state index contributed by atoms with van der Waals surface area (Å²) in [6, 6.07) is 0. The van der Waals surface area contributed by atoms with E-state index in [0.29, 0.717) is 6.54 Å². The molecule has 0 saturated heterocycles. The van der Waals surface area contributed by atoms with Gasteiger partial charge in [0.1, 0.15) is 3.92 Å². The predicted octanol–water partition coefficient (Wildman–Crippen LogP) is 1.37. The number of nitrogens with one attached hydrogen (secondary N) is 1. The van der Waals surface area contributed by atoms with Gasteiger partial charge in [-0.2, -0.15) is 0 Å². The first-order valence-corrected chi connectivity index (χ1v) is 6.15. The maximum absolute atomic E-state index is 11.1. The summed E-state index contributed by atoms with van der Waals surface area (Å²) >= 11 is 2.07. The van der Waals surface area contributed by atoms with Crippen molar-refractivity contribution < 1.29 is 14.3 Å². The molecule has 5 heteroatoms. The predicted molar refractivity (Wildman–Crippen MR) is 68.4 cm³/mol. The molecule has 0 amide bonds. The van der Waals surface area contributed by atoms with E-state index in [4.69, 9.17) is 4.74 Å². The third-order valence-corrected chi connectivity index (χ3v) is 3.19. The van der Waals surface area contributed by atoms with Gasteiger partial charge in [-0.05, 0) is 26.8 Å². The average molecular weight is 329 g/mol. The molecule has 0 spiro atoms. The van der Waals surface area contributed by atoms with Gasteiger partial charge in [0.25, 0.3) is 0 Å². The van der Waals surface area contributed by atoms with Crippen molar-refractivity contribution in [2.75, 3.05) is 27.3 Å². The Bertz CT molecular complexity index is 197. The lowest BCUT2D eigenvalue weighted by atomic mass is 10.1. The molecular weight excluding hydrogens is 309 g/mol. The zero-order chi connectivity index (χ0) is 11.9. The molecule has 0 aromatic carbocycles. The number of rotatable bonds is 7. The van der Waals surface area contributed by atoms with E-state index in [-0.39, 0.29) is 15.5 Å². The maximum Gasteiger partial charge on any atom is 0.319 e. The van der Waals surface area contributed by atoms with Crippen molar-refractivity contribution in [2.24, 2.45) is 0 Å². The molecule has 1 N–H and O–H groups in total. The first kappa shape index (κ1) is 15.1. The summed E-state index contributed by atoms with van der Waals surface area (Å²) in [5.74, 6) is -0.186. The first-order chi connectivity index (χ1) is 6.93. The van der Waals surface area contributed by atoms with Crippen molar-refractivity contribution in [1.82, 2.24) is 5.32 Å². The van der Waals surface area contributed by atoms with E-state index in [9.17, 15) is 4.79 Å². The lowest BCUT2D eigenvalue weighted by Crippen LogP contribution is -2.34. The second-order valence-electron chi connectivity index (χ2n) is 3.91. The molecule has 0 saturated carbocycles. The second kappa shape index (κ2) is 7.40. The van der Waals surface area contributed by atoms with Crippen molar-refractivity contribution in [3.63, 3.8) is 0 Å². The minimum atomic E-state index is -0.186. The van der Waals surface area contributed by atoms with Crippen LogP contribution in [0.25, 0.3) is 0 Å². The summed E-state index contributed by atoms with van der Waals surface area (Å²) in [5.41, 5.74) is -0.112. The van der Waals surface area contributed by atoms with Crippen LogP contribution in [0.4, 0.5) is 0 Å². The van der Waals surface area contributed by atoms with Crippen LogP contribution >= 0.6 is 22.6 Å². The largest absolute Gasteiger partial charge is 0.468 e. The quantitative estimate of drug-likeness (QED) is 0.332. The number of alkyl halides is 1. The van der Waals surface area contributed by atoms with Crippen molar-refractivity contribution in [3.05, 3.63) is 0 Å². The number of methoxy groups -OCH3 is 2. The summed E-state index contributed by atoms with van der Waals surface area (Å²) < 4.78 is 9.77. The van der Waals surface area contributed by atoms with Gasteiger partial charge in [-0.3, -0.25) is 4.79 Å². The first-order valence-electron chi connectivity index (χ1n) is 4.90. The van der Waals surface area contributed by atoms with Crippen LogP contribution in [0.1, 0.15) is 20.3 Å². The molecule has 4 nitrogen and oxygen atoms in total. The van der Waals surface area contributed by atoms with E-state index in [1.54, 1.807) is 7.11 Å². The van der Waals surface area contributed by atoms with E-state index in [1.807, 2.05) is 13.8 Å². The van der Waals surface area contributed by atoms with E-state index in [1.165, 1.54) is 7.11 Å². The van der Waals surface area contributed by atoms with Crippen LogP contribution in [0.5, 0.6) is 0 Å². The molecule has 0 aliphatic carbocycles. The lowest BCUT2D eigenvalue weighted by Gasteiger charge is -2.23. The van der Waals surface area contributed by atoms with Crippen molar-refractivity contribution in [2.45, 2.75) is 29.8 Å². The minimum absolute atomic E-state index is 0.112. The Kier molecular flexibility index (Phi) is 7.46. The zero-order valence-corrected chi connectivity index (χ0v) is 12.0. The SMILES string of the molecule is COC(=O)C(I)CNCCC(C)(C)OC. The number of hydrogen-bond donors (Lipinski definition) is 1. The fourth-order valence-corrected chi connectivity index (χ4v) is 1.50. The minimum Gasteiger partial charge on any atom is -0.468 e. The van der Waals surface area contributed by atoms with Crippen LogP contribution in [-0.4, -0.2) is 42.8 Å². The Balaban J connectivity index is 3.59. The number of esters is 1. The molecule has 0 aromatic heterocycles. The van der Waals surface area contributed by atoms with Crippen LogP contribution in [0.3, 0.4) is 0 Å². The number of ether oxygens (including phenoxy) is 2. The summed E-state index contributed by atoms with van der Waals surface area (Å²) in [4.78, 5) is 11.1. The van der Waals surface area contributed by atoms with Gasteiger partial charge in [-0.25, -0.2) is 0 Å². The van der Waals surface area contributed by atoms with Gasteiger partial charge in [0.2, 0.25) is 0 Å². The van der Waals surface area contributed by atoms with Gasteiger partial charge in [0.15, 0.2) is 0 Å². The molecule has 0 aliphatic heterocycles. The van der Waals surface area contributed by atoms with E-state index in [2.05, 4.69) is 32.6 Å². The number of hydrogen-bond acceptors (Lipinski definition) is 4. The van der Waals surface area contributed by atoms with Gasteiger partial charge >= 0.3 is 5.97 Å². The normalized spacial score (nSPS) is 13.7. The molecular formula is C10H20INO3. The third-order valence-electron chi connectivity index (χ3n) is 2.24. The van der Waals surface area contributed by atoms with Crippen LogP contribution in [0.15, 0.2) is 0 Å². The Labute approximate surface area is 105 Å². The van der Waals surface area contributed by atoms with Crippen LogP contribution < -0.4 is 5.32 Å². The summed E-state index contributed by atoms with van der Waals surface area (Å²) in [6.07, 6.45) is 0.911. The number of carbonyl (C=O) groups is 1. The lowest BCUT2D eigenvalue weighted by molar-refractivity contribution is -0.139. The van der Waals surface area contributed by atoms with E-state index >= 15 is 0 Å². The molecule has 0 aliphatic rings. The van der Waals surface area contributed by atoms with Crippen molar-refractivity contribution in [1.29, 1.82) is 0 Å². The summed E-state index contributed by atoms with van der Waals surface area (Å²) in [6.45, 7) is 5.54. The second-order valence-corrected chi connectivity index (χ2v) is 5.41. The molecule has 0 heterocycles. The highest BCUT2D eigenvalue weighted by Gasteiger charge is 2.17. The van der Waals surface area contributed by atoms with Crippen molar-refractivity contribution >= 4 is 28.6 Å². The molecule has 0 aromatic rings. The van der Waals surface area contributed by atoms with E-state index in [0.717, 1.165) is 13.0 Å². The van der Waals surface area contributed by atoms with Crippen molar-refractivity contribution in [3.8, 4) is 0 Å². The molecule has 0 bridgehead atoms. The number of carbonyl (C=O) groups excluding carboxylic acids is 1. The average Bonchev–Trinajstić information content (AvgIpc) is 2.22. The Morgan fingerprint density at radius 2 is 2.07 bits per heavy atom. The monoisotopic (exact) mass is 329 g/mol. The standard InChI is InChI=1S/C10H20INO3/c1-10(2,15-4)5-6-12-7-8(11)9(13)14-3/h8,12H,5-7H2,1-4H3. The third kappa shape index (κ3) is 7.08. The van der Waals surface area contributed by atoms with Gasteiger partial charge in [0, 0.05) is 13.7 Å². The van der Waals surface area contributed by atoms with Gasteiger partial charge in [-0.15, -0.1) is 0 Å². The zero-order valence-electron chi connectivity index (χ0n) is 9.80. The smallest absolute Gasteiger partial charge is 0.319 e. The molecule has 0 rings (SSSR count). The Hall–Kier alpha value is 0.120. The van der Waals surface area contributed by atoms with E-state index < -0.39 is 0 Å². The summed E-state index contributed by atoms with van der Waals surface area (Å²) in [7, 11) is 3.11. The molecule has 1 unspecified atom stereocenters. The molecule has 0 fully saturated rings. The van der Waals surface area contributed by atoms with Gasteiger partial charge in [-0.1, -0.05) is 22.6 Å². The van der Waals surface area contributed by atoms with Crippen LogP contribution in [0.2, 0.25) is 0 Å². The topological polar surface area (TPSA) is 47.6 Å². The highest BCUT2D eigenvalue weighted by molar-refractivity contribution is 14.1. The number of halogens is 1. The highest BCUT2D eigenvalue weighted by atomic mass is 127.